The third-order valence-corrected chi connectivity index (χ3v) is 4.57. The fourth-order valence-electron chi connectivity index (χ4n) is 3.01. The molecule has 1 aromatic heterocycles. The van der Waals surface area contributed by atoms with E-state index in [0.29, 0.717) is 23.7 Å². The smallest absolute Gasteiger partial charge is 0.163 e. The number of hydrogen-bond acceptors (Lipinski definition) is 6. The van der Waals surface area contributed by atoms with Gasteiger partial charge in [-0.1, -0.05) is 0 Å². The monoisotopic (exact) mass is 340 g/mol. The van der Waals surface area contributed by atoms with Crippen LogP contribution in [-0.2, 0) is 0 Å². The number of hydrogen-bond donors (Lipinski definition) is 0. The maximum atomic E-state index is 8.99. The Morgan fingerprint density at radius 2 is 1.96 bits per heavy atom. The summed E-state index contributed by atoms with van der Waals surface area (Å²) in [5.74, 6) is 1.37. The molecule has 132 valence electrons. The van der Waals surface area contributed by atoms with Gasteiger partial charge in [0.1, 0.15) is 6.07 Å². The quantitative estimate of drug-likeness (QED) is 0.751. The molecule has 1 fully saturated rings. The number of benzene rings is 1. The lowest BCUT2D eigenvalue weighted by atomic mass is 10.1. The van der Waals surface area contributed by atoms with Crippen LogP contribution in [0.1, 0.15) is 12.0 Å². The molecule has 1 saturated heterocycles. The number of nitriles is 1. The van der Waals surface area contributed by atoms with E-state index in [4.69, 9.17) is 14.7 Å². The predicted octanol–water partition coefficient (Wildman–Crippen LogP) is 2.13. The number of nitrogens with zero attached hydrogens (tertiary/aromatic N) is 4. The summed E-state index contributed by atoms with van der Waals surface area (Å²) in [7, 11) is 3.79. The molecule has 6 heteroatoms. The largest absolute Gasteiger partial charge is 0.493 e. The summed E-state index contributed by atoms with van der Waals surface area (Å²) >= 11 is 0. The van der Waals surface area contributed by atoms with Crippen LogP contribution in [-0.4, -0.2) is 68.3 Å². The molecule has 25 heavy (non-hydrogen) atoms. The minimum Gasteiger partial charge on any atom is -0.493 e. The number of ether oxygens (including phenoxy) is 2. The van der Waals surface area contributed by atoms with Crippen LogP contribution in [0.2, 0.25) is 0 Å². The second-order valence-corrected chi connectivity index (χ2v) is 6.38. The fraction of sp³-hybridized carbons (Fsp3) is 0.474. The number of rotatable bonds is 6. The van der Waals surface area contributed by atoms with Crippen LogP contribution < -0.4 is 9.47 Å². The Kier molecular flexibility index (Phi) is 5.69. The summed E-state index contributed by atoms with van der Waals surface area (Å²) in [4.78, 5) is 9.16. The molecular weight excluding hydrogens is 316 g/mol. The number of likely N-dealkylation sites (N-methyl/N-ethyl adjacent to an activating group) is 1. The van der Waals surface area contributed by atoms with Crippen molar-refractivity contribution in [2.24, 2.45) is 0 Å². The van der Waals surface area contributed by atoms with Crippen molar-refractivity contribution in [1.82, 2.24) is 14.8 Å². The van der Waals surface area contributed by atoms with E-state index >= 15 is 0 Å². The van der Waals surface area contributed by atoms with Gasteiger partial charge in [-0.2, -0.15) is 5.26 Å². The first-order chi connectivity index (χ1) is 12.2. The van der Waals surface area contributed by atoms with E-state index in [0.717, 1.165) is 50.0 Å². The highest BCUT2D eigenvalue weighted by Crippen LogP contribution is 2.32. The summed E-state index contributed by atoms with van der Waals surface area (Å²) in [6.07, 6.45) is 2.55. The number of fused-ring (bicyclic) bond motifs is 1. The minimum absolute atomic E-state index is 0.537. The van der Waals surface area contributed by atoms with Crippen LogP contribution >= 0.6 is 0 Å². The van der Waals surface area contributed by atoms with E-state index in [1.807, 2.05) is 18.2 Å². The Bertz CT molecular complexity index is 764. The van der Waals surface area contributed by atoms with Gasteiger partial charge in [0.15, 0.2) is 11.5 Å². The van der Waals surface area contributed by atoms with E-state index in [1.165, 1.54) is 0 Å². The first kappa shape index (κ1) is 17.5. The van der Waals surface area contributed by atoms with Crippen molar-refractivity contribution >= 4 is 10.9 Å². The first-order valence-corrected chi connectivity index (χ1v) is 8.61. The second kappa shape index (κ2) is 8.15. The van der Waals surface area contributed by atoms with Crippen molar-refractivity contribution in [2.45, 2.75) is 6.42 Å². The van der Waals surface area contributed by atoms with Gasteiger partial charge in [0.2, 0.25) is 0 Å². The Morgan fingerprint density at radius 1 is 1.16 bits per heavy atom. The molecule has 0 unspecified atom stereocenters. The van der Waals surface area contributed by atoms with Gasteiger partial charge in [0, 0.05) is 50.4 Å². The minimum atomic E-state index is 0.537. The maximum absolute atomic E-state index is 8.99. The normalized spacial score (nSPS) is 15.9. The summed E-state index contributed by atoms with van der Waals surface area (Å²) in [5, 5.41) is 9.87. The standard InChI is InChI=1S/C19H24N4O2/c1-22-5-7-23(8-6-22)4-3-9-25-19-12-17-16(11-18(19)24-2)10-15(13-20)14-21-17/h10-12,14H,3-9H2,1-2H3. The van der Waals surface area contributed by atoms with Gasteiger partial charge in [0.05, 0.1) is 24.8 Å². The lowest BCUT2D eigenvalue weighted by Crippen LogP contribution is -2.44. The van der Waals surface area contributed by atoms with E-state index in [2.05, 4.69) is 27.9 Å². The van der Waals surface area contributed by atoms with E-state index in [1.54, 1.807) is 13.3 Å². The fourth-order valence-corrected chi connectivity index (χ4v) is 3.01. The average Bonchev–Trinajstić information content (AvgIpc) is 2.65. The lowest BCUT2D eigenvalue weighted by Gasteiger charge is -2.32. The van der Waals surface area contributed by atoms with Gasteiger partial charge in [0.25, 0.3) is 0 Å². The van der Waals surface area contributed by atoms with Gasteiger partial charge in [-0.3, -0.25) is 4.98 Å². The Hall–Kier alpha value is -2.36. The Balaban J connectivity index is 1.60. The van der Waals surface area contributed by atoms with Crippen molar-refractivity contribution in [2.75, 3.05) is 53.5 Å². The Labute approximate surface area is 148 Å². The van der Waals surface area contributed by atoms with Gasteiger partial charge in [-0.25, -0.2) is 0 Å². The third kappa shape index (κ3) is 4.38. The highest BCUT2D eigenvalue weighted by atomic mass is 16.5. The van der Waals surface area contributed by atoms with Crippen LogP contribution in [0.5, 0.6) is 11.5 Å². The van der Waals surface area contributed by atoms with Crippen molar-refractivity contribution < 1.29 is 9.47 Å². The molecule has 0 N–H and O–H groups in total. The molecule has 3 rings (SSSR count). The van der Waals surface area contributed by atoms with Crippen LogP contribution in [0.25, 0.3) is 10.9 Å². The van der Waals surface area contributed by atoms with Crippen molar-refractivity contribution in [3.63, 3.8) is 0 Å². The molecule has 1 aromatic carbocycles. The third-order valence-electron chi connectivity index (χ3n) is 4.57. The van der Waals surface area contributed by atoms with Crippen LogP contribution in [0, 0.1) is 11.3 Å². The number of pyridine rings is 1. The topological polar surface area (TPSA) is 61.6 Å². The zero-order chi connectivity index (χ0) is 17.6. The van der Waals surface area contributed by atoms with E-state index < -0.39 is 0 Å². The number of methoxy groups -OCH3 is 1. The van der Waals surface area contributed by atoms with Crippen LogP contribution in [0.15, 0.2) is 24.4 Å². The first-order valence-electron chi connectivity index (χ1n) is 8.61. The number of aromatic nitrogens is 1. The molecule has 0 atom stereocenters. The molecule has 2 heterocycles. The van der Waals surface area contributed by atoms with Crippen molar-refractivity contribution in [3.05, 3.63) is 30.0 Å². The lowest BCUT2D eigenvalue weighted by molar-refractivity contribution is 0.145. The molecule has 0 aliphatic carbocycles. The molecule has 0 spiro atoms. The van der Waals surface area contributed by atoms with E-state index in [-0.39, 0.29) is 0 Å². The predicted molar refractivity (Wildman–Crippen MR) is 97.1 cm³/mol. The molecule has 2 aromatic rings. The van der Waals surface area contributed by atoms with Gasteiger partial charge >= 0.3 is 0 Å². The van der Waals surface area contributed by atoms with Gasteiger partial charge in [-0.15, -0.1) is 0 Å². The van der Waals surface area contributed by atoms with Crippen LogP contribution in [0.4, 0.5) is 0 Å². The molecule has 1 aliphatic heterocycles. The molecule has 0 radical (unpaired) electrons. The highest BCUT2D eigenvalue weighted by molar-refractivity contribution is 5.83. The van der Waals surface area contributed by atoms with Gasteiger partial charge in [-0.05, 0) is 25.6 Å². The summed E-state index contributed by atoms with van der Waals surface area (Å²) < 4.78 is 11.4. The molecule has 1 aliphatic rings. The number of piperazine rings is 1. The van der Waals surface area contributed by atoms with Crippen molar-refractivity contribution in [1.29, 1.82) is 5.26 Å². The highest BCUT2D eigenvalue weighted by Gasteiger charge is 2.13. The Morgan fingerprint density at radius 3 is 2.68 bits per heavy atom. The van der Waals surface area contributed by atoms with Gasteiger partial charge < -0.3 is 19.3 Å². The summed E-state index contributed by atoms with van der Waals surface area (Å²) in [6, 6.07) is 7.67. The van der Waals surface area contributed by atoms with E-state index in [9.17, 15) is 0 Å². The zero-order valence-electron chi connectivity index (χ0n) is 14.9. The summed E-state index contributed by atoms with van der Waals surface area (Å²) in [6.45, 7) is 6.21. The second-order valence-electron chi connectivity index (χ2n) is 6.38. The van der Waals surface area contributed by atoms with Crippen LogP contribution in [0.3, 0.4) is 0 Å². The zero-order valence-corrected chi connectivity index (χ0v) is 14.9. The molecule has 0 amide bonds. The SMILES string of the molecule is COc1cc2cc(C#N)cnc2cc1OCCCN1CCN(C)CC1. The molecular formula is C19H24N4O2. The maximum Gasteiger partial charge on any atom is 0.163 e. The van der Waals surface area contributed by atoms with Crippen molar-refractivity contribution in [3.8, 4) is 17.6 Å². The molecule has 0 bridgehead atoms. The average molecular weight is 340 g/mol. The summed E-state index contributed by atoms with van der Waals surface area (Å²) in [5.41, 5.74) is 1.34. The molecule has 0 saturated carbocycles. The molecule has 6 nitrogen and oxygen atoms in total.